The molecule has 15 heavy (non-hydrogen) atoms. The van der Waals surface area contributed by atoms with Gasteiger partial charge in [-0.05, 0) is 18.2 Å². The first-order chi connectivity index (χ1) is 7.15. The van der Waals surface area contributed by atoms with Crippen LogP contribution in [0.1, 0.15) is 10.4 Å². The quantitative estimate of drug-likeness (QED) is 0.471. The van der Waals surface area contributed by atoms with Gasteiger partial charge in [-0.3, -0.25) is 0 Å². The van der Waals surface area contributed by atoms with Gasteiger partial charge in [-0.2, -0.15) is 4.99 Å². The number of carboxylic acid groups (broad SMARTS) is 1. The summed E-state index contributed by atoms with van der Waals surface area (Å²) in [6.45, 7) is 0. The fourth-order valence-electron chi connectivity index (χ4n) is 0.889. The molecule has 5 heteroatoms. The number of benzene rings is 1. The van der Waals surface area contributed by atoms with Crippen molar-refractivity contribution < 1.29 is 14.7 Å². The molecule has 0 spiro atoms. The van der Waals surface area contributed by atoms with E-state index in [4.69, 9.17) is 16.7 Å². The van der Waals surface area contributed by atoms with Crippen molar-refractivity contribution in [2.24, 2.45) is 4.99 Å². The lowest BCUT2D eigenvalue weighted by Gasteiger charge is -1.98. The lowest BCUT2D eigenvalue weighted by molar-refractivity contribution is 0.0698. The molecule has 0 bridgehead atoms. The van der Waals surface area contributed by atoms with Gasteiger partial charge < -0.3 is 5.11 Å². The summed E-state index contributed by atoms with van der Waals surface area (Å²) < 4.78 is 0. The molecule has 0 saturated carbocycles. The van der Waals surface area contributed by atoms with Crippen LogP contribution in [0.3, 0.4) is 0 Å². The lowest BCUT2D eigenvalue weighted by atomic mass is 10.2. The van der Waals surface area contributed by atoms with Crippen LogP contribution in [0.5, 0.6) is 0 Å². The van der Waals surface area contributed by atoms with Gasteiger partial charge >= 0.3 is 5.97 Å². The normalized spacial score (nSPS) is 8.33. The van der Waals surface area contributed by atoms with E-state index in [2.05, 4.69) is 10.9 Å². The first kappa shape index (κ1) is 11.0. The minimum absolute atomic E-state index is 0.0281. The van der Waals surface area contributed by atoms with Crippen molar-refractivity contribution >= 4 is 35.1 Å². The highest BCUT2D eigenvalue weighted by molar-refractivity contribution is 6.31. The number of aromatic carboxylic acids is 1. The smallest absolute Gasteiger partial charge is 0.337 e. The number of nitrogens with zero attached hydrogens (tertiary/aromatic N) is 1. The van der Waals surface area contributed by atoms with Gasteiger partial charge in [0.15, 0.2) is 5.94 Å². The molecule has 0 heterocycles. The maximum absolute atomic E-state index is 10.7. The Morgan fingerprint density at radius 2 is 2.20 bits per heavy atom. The molecule has 0 amide bonds. The van der Waals surface area contributed by atoms with Gasteiger partial charge in [0, 0.05) is 10.8 Å². The minimum Gasteiger partial charge on any atom is -0.478 e. The predicted molar refractivity (Wildman–Crippen MR) is 54.7 cm³/mol. The van der Waals surface area contributed by atoms with Crippen LogP contribution in [0.4, 0.5) is 5.69 Å². The molecule has 1 aromatic carbocycles. The van der Waals surface area contributed by atoms with Gasteiger partial charge in [-0.25, -0.2) is 9.59 Å². The molecule has 0 radical (unpaired) electrons. The van der Waals surface area contributed by atoms with Crippen LogP contribution < -0.4 is 0 Å². The highest BCUT2D eigenvalue weighted by Gasteiger charge is 2.08. The van der Waals surface area contributed by atoms with Crippen LogP contribution in [-0.4, -0.2) is 22.9 Å². The van der Waals surface area contributed by atoms with E-state index in [0.717, 1.165) is 0 Å². The Bertz CT molecular complexity index is 519. The van der Waals surface area contributed by atoms with Crippen LogP contribution in [0.2, 0.25) is 5.02 Å². The van der Waals surface area contributed by atoms with Crippen LogP contribution >= 0.6 is 11.6 Å². The Morgan fingerprint density at radius 1 is 1.47 bits per heavy atom. The van der Waals surface area contributed by atoms with Crippen molar-refractivity contribution in [3.8, 4) is 0 Å². The molecule has 0 aliphatic rings. The molecule has 4 nitrogen and oxygen atoms in total. The van der Waals surface area contributed by atoms with Gasteiger partial charge in [0.05, 0.1) is 17.1 Å². The number of carboxylic acids is 1. The van der Waals surface area contributed by atoms with Gasteiger partial charge in [0.25, 0.3) is 0 Å². The maximum Gasteiger partial charge on any atom is 0.337 e. The second kappa shape index (κ2) is 4.97. The van der Waals surface area contributed by atoms with E-state index in [1.807, 2.05) is 5.73 Å². The largest absolute Gasteiger partial charge is 0.478 e. The number of hydrogen-bond donors (Lipinski definition) is 1. The number of carbonyl (C=O) groups excluding carboxylic acids is 1. The zero-order valence-corrected chi connectivity index (χ0v) is 8.08. The number of hydrogen-bond acceptors (Lipinski definition) is 3. The maximum atomic E-state index is 10.7. The highest BCUT2D eigenvalue weighted by Crippen LogP contribution is 2.23. The summed E-state index contributed by atoms with van der Waals surface area (Å²) in [7, 11) is 0. The van der Waals surface area contributed by atoms with E-state index in [1.54, 1.807) is 0 Å². The fourth-order valence-corrected chi connectivity index (χ4v) is 1.06. The zero-order chi connectivity index (χ0) is 11.3. The summed E-state index contributed by atoms with van der Waals surface area (Å²) in [6, 6.07) is 4.10. The molecule has 0 aliphatic carbocycles. The average Bonchev–Trinajstić information content (AvgIpc) is 2.18. The topological polar surface area (TPSA) is 66.7 Å². The van der Waals surface area contributed by atoms with Gasteiger partial charge in [0.1, 0.15) is 0 Å². The molecule has 0 atom stereocenters. The predicted octanol–water partition coefficient (Wildman–Crippen LogP) is 1.88. The lowest BCUT2D eigenvalue weighted by Crippen LogP contribution is -1.95. The molecular formula is C10H4ClNO3. The summed E-state index contributed by atoms with van der Waals surface area (Å²) in [6.07, 6.45) is 0. The second-order valence-corrected chi connectivity index (χ2v) is 2.85. The van der Waals surface area contributed by atoms with E-state index in [1.165, 1.54) is 24.1 Å². The van der Waals surface area contributed by atoms with Crippen molar-refractivity contribution in [3.63, 3.8) is 0 Å². The zero-order valence-electron chi connectivity index (χ0n) is 7.32. The molecular weight excluding hydrogens is 218 g/mol. The Balaban J connectivity index is 3.37. The Morgan fingerprint density at radius 3 is 2.80 bits per heavy atom. The summed E-state index contributed by atoms with van der Waals surface area (Å²) >= 11 is 5.66. The van der Waals surface area contributed by atoms with Crippen LogP contribution in [0.15, 0.2) is 28.9 Å². The monoisotopic (exact) mass is 221 g/mol. The van der Waals surface area contributed by atoms with Crippen molar-refractivity contribution in [2.45, 2.75) is 0 Å². The van der Waals surface area contributed by atoms with Crippen LogP contribution in [-0.2, 0) is 4.79 Å². The first-order valence-corrected chi connectivity index (χ1v) is 4.13. The second-order valence-electron chi connectivity index (χ2n) is 2.42. The molecule has 0 aliphatic heterocycles. The van der Waals surface area contributed by atoms with E-state index < -0.39 is 5.97 Å². The third kappa shape index (κ3) is 2.96. The van der Waals surface area contributed by atoms with Gasteiger partial charge in [-0.1, -0.05) is 11.6 Å². The fraction of sp³-hybridized carbons (Fsp3) is 0. The van der Waals surface area contributed by atoms with Crippen LogP contribution in [0.25, 0.3) is 0 Å². The summed E-state index contributed by atoms with van der Waals surface area (Å²) in [5.41, 5.74) is 2.00. The Hall–Kier alpha value is -2.08. The van der Waals surface area contributed by atoms with E-state index in [-0.39, 0.29) is 11.3 Å². The summed E-state index contributed by atoms with van der Waals surface area (Å²) in [4.78, 5) is 24.1. The average molecular weight is 222 g/mol. The molecule has 1 aromatic rings. The third-order valence-corrected chi connectivity index (χ3v) is 1.71. The molecule has 74 valence electrons. The van der Waals surface area contributed by atoms with Gasteiger partial charge in [-0.15, -0.1) is 0 Å². The number of halogens is 1. The van der Waals surface area contributed by atoms with Crippen molar-refractivity contribution in [1.82, 2.24) is 0 Å². The number of rotatable bonds is 2. The Kier molecular flexibility index (Phi) is 3.64. The van der Waals surface area contributed by atoms with Crippen LogP contribution in [0, 0.1) is 0 Å². The molecule has 0 aromatic heterocycles. The molecule has 0 fully saturated rings. The molecule has 1 rings (SSSR count). The minimum atomic E-state index is -1.14. The standard InChI is InChI=1S/C10H4ClNO3/c11-7-2-3-8(10(14)15)9(6-7)12-4-1-5-13/h2-3,6H,(H,14,15). The number of carbonyl (C=O) groups is 1. The third-order valence-electron chi connectivity index (χ3n) is 1.47. The first-order valence-electron chi connectivity index (χ1n) is 3.76. The van der Waals surface area contributed by atoms with E-state index >= 15 is 0 Å². The van der Waals surface area contributed by atoms with Crippen molar-refractivity contribution in [1.29, 1.82) is 0 Å². The molecule has 1 N–H and O–H groups in total. The Labute approximate surface area is 89.8 Å². The summed E-state index contributed by atoms with van der Waals surface area (Å²) in [5, 5.41) is 9.13. The molecule has 0 saturated heterocycles. The van der Waals surface area contributed by atoms with E-state index in [9.17, 15) is 9.59 Å². The molecule has 0 unspecified atom stereocenters. The number of aliphatic imine (C=N–C) groups is 1. The van der Waals surface area contributed by atoms with Gasteiger partial charge in [0.2, 0.25) is 0 Å². The SMILES string of the molecule is O=C=C=C=Nc1cc(Cl)ccc1C(=O)O. The van der Waals surface area contributed by atoms with E-state index in [0.29, 0.717) is 5.02 Å². The highest BCUT2D eigenvalue weighted by atomic mass is 35.5. The summed E-state index contributed by atoms with van der Waals surface area (Å²) in [5.74, 6) is 2.28. The van der Waals surface area contributed by atoms with Crippen molar-refractivity contribution in [3.05, 3.63) is 34.5 Å². The van der Waals surface area contributed by atoms with Crippen molar-refractivity contribution in [2.75, 3.05) is 0 Å².